The summed E-state index contributed by atoms with van der Waals surface area (Å²) in [6.45, 7) is 5.51. The molecule has 0 unspecified atom stereocenters. The van der Waals surface area contributed by atoms with Crippen molar-refractivity contribution in [2.75, 3.05) is 62.8 Å². The lowest BCUT2D eigenvalue weighted by Crippen LogP contribution is -2.39. The highest BCUT2D eigenvalue weighted by Crippen LogP contribution is 2.43. The summed E-state index contributed by atoms with van der Waals surface area (Å²) < 4.78 is 24.4. The van der Waals surface area contributed by atoms with Crippen LogP contribution in [0.1, 0.15) is 30.4 Å². The number of fused-ring (bicyclic) bond motifs is 2. The van der Waals surface area contributed by atoms with Gasteiger partial charge in [0.25, 0.3) is 0 Å². The summed E-state index contributed by atoms with van der Waals surface area (Å²) in [7, 11) is 0. The molecule has 3 aliphatic heterocycles. The number of morpholine rings is 1. The van der Waals surface area contributed by atoms with E-state index in [9.17, 15) is 9.18 Å². The van der Waals surface area contributed by atoms with Crippen molar-refractivity contribution >= 4 is 11.4 Å². The van der Waals surface area contributed by atoms with Gasteiger partial charge in [0.05, 0.1) is 25.6 Å². The van der Waals surface area contributed by atoms with E-state index in [4.69, 9.17) is 9.47 Å². The van der Waals surface area contributed by atoms with Crippen molar-refractivity contribution in [1.29, 1.82) is 0 Å². The lowest BCUT2D eigenvalue weighted by Gasteiger charge is -2.33. The maximum Gasteiger partial charge on any atom is 0.250 e. The van der Waals surface area contributed by atoms with Crippen LogP contribution in [0.5, 0.6) is 11.5 Å². The quantitative estimate of drug-likeness (QED) is 0.366. The maximum atomic E-state index is 12.6. The zero-order valence-electron chi connectivity index (χ0n) is 21.7. The summed E-state index contributed by atoms with van der Waals surface area (Å²) in [5.41, 5.74) is 5.79. The summed E-state index contributed by atoms with van der Waals surface area (Å²) >= 11 is 0. The first-order valence-corrected chi connectivity index (χ1v) is 13.7. The second-order valence-electron chi connectivity index (χ2n) is 10.4. The molecule has 3 aliphatic rings. The van der Waals surface area contributed by atoms with Gasteiger partial charge < -0.3 is 29.6 Å². The second-order valence-corrected chi connectivity index (χ2v) is 10.4. The third-order valence-corrected chi connectivity index (χ3v) is 7.81. The smallest absolute Gasteiger partial charge is 0.250 e. The van der Waals surface area contributed by atoms with Crippen LogP contribution in [0.4, 0.5) is 15.8 Å². The Bertz CT molecular complexity index is 1330. The highest BCUT2D eigenvalue weighted by atomic mass is 19.1. The number of aromatic amines is 1. The van der Waals surface area contributed by atoms with E-state index < -0.39 is 0 Å². The van der Waals surface area contributed by atoms with Crippen LogP contribution in [0.3, 0.4) is 0 Å². The molecular formula is C30H35FN4O3. The molecule has 1 aromatic heterocycles. The first kappa shape index (κ1) is 24.9. The van der Waals surface area contributed by atoms with Crippen LogP contribution in [0.2, 0.25) is 0 Å². The SMILES string of the molecule is O=c1cc(N2CCOCC2)cc(-c2cccc3c2Oc2ccc(NC4CCN(CCCF)CC4)cc2C3)[nH]1. The van der Waals surface area contributed by atoms with Crippen LogP contribution in [-0.4, -0.2) is 68.5 Å². The van der Waals surface area contributed by atoms with E-state index in [2.05, 4.69) is 38.3 Å². The summed E-state index contributed by atoms with van der Waals surface area (Å²) in [6.07, 6.45) is 3.52. The number of H-pyrrole nitrogens is 1. The van der Waals surface area contributed by atoms with E-state index in [1.807, 2.05) is 24.3 Å². The van der Waals surface area contributed by atoms with Gasteiger partial charge in [0, 0.05) is 73.8 Å². The Morgan fingerprint density at radius 1 is 1.00 bits per heavy atom. The average molecular weight is 519 g/mol. The van der Waals surface area contributed by atoms with Crippen molar-refractivity contribution in [2.45, 2.75) is 31.7 Å². The van der Waals surface area contributed by atoms with Crippen molar-refractivity contribution in [3.8, 4) is 22.8 Å². The van der Waals surface area contributed by atoms with Crippen molar-refractivity contribution in [3.05, 3.63) is 70.0 Å². The lowest BCUT2D eigenvalue weighted by molar-refractivity contribution is 0.122. The van der Waals surface area contributed by atoms with Crippen LogP contribution in [0, 0.1) is 0 Å². The molecule has 0 amide bonds. The predicted octanol–water partition coefficient (Wildman–Crippen LogP) is 4.81. The largest absolute Gasteiger partial charge is 0.456 e. The van der Waals surface area contributed by atoms with Crippen LogP contribution in [-0.2, 0) is 11.2 Å². The summed E-state index contributed by atoms with van der Waals surface area (Å²) in [4.78, 5) is 20.1. The molecule has 3 aromatic rings. The Kier molecular flexibility index (Phi) is 7.33. The number of aromatic nitrogens is 1. The van der Waals surface area contributed by atoms with Gasteiger partial charge in [-0.1, -0.05) is 12.1 Å². The second kappa shape index (κ2) is 11.2. The number of para-hydroxylation sites is 1. The number of hydrogen-bond donors (Lipinski definition) is 2. The molecule has 2 saturated heterocycles. The zero-order valence-corrected chi connectivity index (χ0v) is 21.7. The number of piperidine rings is 1. The van der Waals surface area contributed by atoms with E-state index in [0.29, 0.717) is 25.7 Å². The van der Waals surface area contributed by atoms with Gasteiger partial charge in [0.15, 0.2) is 0 Å². The van der Waals surface area contributed by atoms with Gasteiger partial charge in [-0.25, -0.2) is 0 Å². The Labute approximate surface area is 222 Å². The Balaban J connectivity index is 1.19. The van der Waals surface area contributed by atoms with Gasteiger partial charge in [-0.05, 0) is 55.2 Å². The number of pyridine rings is 1. The number of alkyl halides is 1. The van der Waals surface area contributed by atoms with Gasteiger partial charge in [-0.3, -0.25) is 9.18 Å². The fraction of sp³-hybridized carbons (Fsp3) is 0.433. The molecule has 0 radical (unpaired) electrons. The molecule has 0 spiro atoms. The van der Waals surface area contributed by atoms with Crippen LogP contribution in [0.25, 0.3) is 11.3 Å². The number of ether oxygens (including phenoxy) is 2. The molecule has 38 heavy (non-hydrogen) atoms. The summed E-state index contributed by atoms with van der Waals surface area (Å²) in [5.74, 6) is 1.65. The zero-order chi connectivity index (χ0) is 25.9. The molecule has 0 atom stereocenters. The number of benzene rings is 2. The number of rotatable bonds is 7. The maximum absolute atomic E-state index is 12.6. The highest BCUT2D eigenvalue weighted by Gasteiger charge is 2.24. The monoisotopic (exact) mass is 518 g/mol. The molecular weight excluding hydrogens is 483 g/mol. The number of nitrogens with zero attached hydrogens (tertiary/aromatic N) is 2. The highest BCUT2D eigenvalue weighted by molar-refractivity contribution is 5.74. The van der Waals surface area contributed by atoms with Gasteiger partial charge >= 0.3 is 0 Å². The minimum absolute atomic E-state index is 0.123. The number of likely N-dealkylation sites (tertiary alicyclic amines) is 1. The van der Waals surface area contributed by atoms with Crippen LogP contribution < -0.4 is 20.5 Å². The lowest BCUT2D eigenvalue weighted by atomic mass is 9.96. The molecule has 6 rings (SSSR count). The Hall–Kier alpha value is -3.36. The third-order valence-electron chi connectivity index (χ3n) is 7.81. The molecule has 2 N–H and O–H groups in total. The van der Waals surface area contributed by atoms with E-state index >= 15 is 0 Å². The Morgan fingerprint density at radius 2 is 1.84 bits per heavy atom. The first-order valence-electron chi connectivity index (χ1n) is 13.7. The number of hydrogen-bond acceptors (Lipinski definition) is 6. The van der Waals surface area contributed by atoms with Crippen molar-refractivity contribution in [3.63, 3.8) is 0 Å². The molecule has 2 fully saturated rings. The van der Waals surface area contributed by atoms with E-state index in [1.165, 1.54) is 0 Å². The minimum Gasteiger partial charge on any atom is -0.456 e. The van der Waals surface area contributed by atoms with Crippen molar-refractivity contribution in [1.82, 2.24) is 9.88 Å². The molecule has 0 saturated carbocycles. The minimum atomic E-state index is -0.237. The third kappa shape index (κ3) is 5.42. The van der Waals surface area contributed by atoms with Crippen LogP contribution in [0.15, 0.2) is 53.3 Å². The molecule has 2 aromatic carbocycles. The van der Waals surface area contributed by atoms with Crippen LogP contribution >= 0.6 is 0 Å². The summed E-state index contributed by atoms with van der Waals surface area (Å²) in [5, 5.41) is 3.70. The molecule has 8 heteroatoms. The van der Waals surface area contributed by atoms with Gasteiger partial charge in [0.1, 0.15) is 11.5 Å². The fourth-order valence-electron chi connectivity index (χ4n) is 5.78. The van der Waals surface area contributed by atoms with Gasteiger partial charge in [0.2, 0.25) is 5.56 Å². The molecule has 7 nitrogen and oxygen atoms in total. The summed E-state index contributed by atoms with van der Waals surface area (Å²) in [6, 6.07) is 16.6. The van der Waals surface area contributed by atoms with E-state index in [1.54, 1.807) is 6.07 Å². The molecule has 4 heterocycles. The van der Waals surface area contributed by atoms with Gasteiger partial charge in [-0.2, -0.15) is 0 Å². The fourth-order valence-corrected chi connectivity index (χ4v) is 5.78. The van der Waals surface area contributed by atoms with E-state index in [-0.39, 0.29) is 12.2 Å². The molecule has 200 valence electrons. The average Bonchev–Trinajstić information content (AvgIpc) is 2.95. The normalized spacial score (nSPS) is 18.0. The topological polar surface area (TPSA) is 69.8 Å². The standard InChI is InChI=1S/C30H35FN4O3/c31-9-2-10-34-11-7-23(8-12-34)32-24-5-6-28-22(18-24)17-21-3-1-4-26(30(21)38-28)27-19-25(20-29(36)33-27)35-13-15-37-16-14-35/h1,3-6,18-20,23,32H,2,7-17H2,(H,33,36). The molecule has 0 bridgehead atoms. The number of halogens is 1. The van der Waals surface area contributed by atoms with Crippen molar-refractivity contribution in [2.24, 2.45) is 0 Å². The molecule has 0 aliphatic carbocycles. The van der Waals surface area contributed by atoms with E-state index in [0.717, 1.165) is 97.2 Å². The Morgan fingerprint density at radius 3 is 2.66 bits per heavy atom. The predicted molar refractivity (Wildman–Crippen MR) is 149 cm³/mol. The van der Waals surface area contributed by atoms with Crippen molar-refractivity contribution < 1.29 is 13.9 Å². The first-order chi connectivity index (χ1) is 18.7. The number of anilines is 2. The number of nitrogens with one attached hydrogen (secondary N) is 2. The van der Waals surface area contributed by atoms with Gasteiger partial charge in [-0.15, -0.1) is 0 Å².